The van der Waals surface area contributed by atoms with Gasteiger partial charge in [-0.2, -0.15) is 0 Å². The minimum atomic E-state index is -1.04. The van der Waals surface area contributed by atoms with E-state index >= 15 is 0 Å². The number of hydrogen-bond acceptors (Lipinski definition) is 5. The minimum Gasteiger partial charge on any atom is -0.480 e. The minimum absolute atomic E-state index is 0.0351. The summed E-state index contributed by atoms with van der Waals surface area (Å²) in [6.07, 6.45) is 2.95. The Morgan fingerprint density at radius 2 is 2.27 bits per heavy atom. The summed E-state index contributed by atoms with van der Waals surface area (Å²) in [5, 5.41) is 11.4. The number of fused-ring (bicyclic) bond motifs is 1. The van der Waals surface area contributed by atoms with E-state index in [-0.39, 0.29) is 24.1 Å². The summed E-state index contributed by atoms with van der Waals surface area (Å²) in [5.41, 5.74) is -0.279. The average molecular weight is 321 g/mol. The van der Waals surface area contributed by atoms with Gasteiger partial charge in [0.1, 0.15) is 17.4 Å². The van der Waals surface area contributed by atoms with E-state index in [1.54, 1.807) is 11.4 Å². The van der Waals surface area contributed by atoms with Crippen molar-refractivity contribution in [3.8, 4) is 0 Å². The molecular formula is C14H15N3O4S. The molecule has 3 rings (SSSR count). The summed E-state index contributed by atoms with van der Waals surface area (Å²) >= 11 is 1.36. The van der Waals surface area contributed by atoms with Gasteiger partial charge < -0.3 is 10.0 Å². The molecule has 7 nitrogen and oxygen atoms in total. The maximum absolute atomic E-state index is 12.4. The molecule has 22 heavy (non-hydrogen) atoms. The first-order chi connectivity index (χ1) is 10.5. The Morgan fingerprint density at radius 3 is 2.91 bits per heavy atom. The number of rotatable bonds is 5. The van der Waals surface area contributed by atoms with Crippen molar-refractivity contribution >= 4 is 33.4 Å². The van der Waals surface area contributed by atoms with Crippen LogP contribution in [0.15, 0.2) is 22.6 Å². The van der Waals surface area contributed by atoms with Gasteiger partial charge in [0, 0.05) is 6.04 Å². The number of nitrogens with zero attached hydrogens (tertiary/aromatic N) is 3. The van der Waals surface area contributed by atoms with Crippen LogP contribution in [-0.2, 0) is 16.1 Å². The van der Waals surface area contributed by atoms with E-state index in [1.165, 1.54) is 34.1 Å². The second kappa shape index (κ2) is 5.53. The Morgan fingerprint density at radius 1 is 1.55 bits per heavy atom. The highest BCUT2D eigenvalue weighted by Crippen LogP contribution is 2.29. The molecular weight excluding hydrogens is 306 g/mol. The van der Waals surface area contributed by atoms with Crippen molar-refractivity contribution in [2.45, 2.75) is 38.4 Å². The third-order valence-corrected chi connectivity index (χ3v) is 4.58. The second-order valence-electron chi connectivity index (χ2n) is 5.36. The van der Waals surface area contributed by atoms with Gasteiger partial charge in [0.25, 0.3) is 5.56 Å². The molecule has 2 aromatic rings. The molecule has 1 saturated carbocycles. The van der Waals surface area contributed by atoms with Gasteiger partial charge in [-0.25, -0.2) is 9.78 Å². The molecule has 0 aromatic carbocycles. The predicted molar refractivity (Wildman–Crippen MR) is 80.8 cm³/mol. The molecule has 1 atom stereocenters. The summed E-state index contributed by atoms with van der Waals surface area (Å²) in [5.74, 6) is -1.41. The number of aliphatic carboxylic acids is 1. The Hall–Kier alpha value is -2.22. The number of hydrogen-bond donors (Lipinski definition) is 1. The third-order valence-electron chi connectivity index (χ3n) is 3.76. The molecule has 0 radical (unpaired) electrons. The first kappa shape index (κ1) is 14.7. The Labute approximate surface area is 129 Å². The van der Waals surface area contributed by atoms with Crippen molar-refractivity contribution in [1.82, 2.24) is 14.5 Å². The predicted octanol–water partition coefficient (Wildman–Crippen LogP) is 0.922. The summed E-state index contributed by atoms with van der Waals surface area (Å²) in [6, 6.07) is 0.746. The molecule has 1 aliphatic carbocycles. The van der Waals surface area contributed by atoms with Gasteiger partial charge in [-0.1, -0.05) is 0 Å². The van der Waals surface area contributed by atoms with Crippen molar-refractivity contribution in [3.05, 3.63) is 28.1 Å². The highest BCUT2D eigenvalue weighted by molar-refractivity contribution is 7.16. The van der Waals surface area contributed by atoms with Crippen LogP contribution in [0.2, 0.25) is 0 Å². The van der Waals surface area contributed by atoms with E-state index in [1.807, 2.05) is 0 Å². The van der Waals surface area contributed by atoms with Crippen LogP contribution in [-0.4, -0.2) is 43.5 Å². The van der Waals surface area contributed by atoms with Gasteiger partial charge in [-0.15, -0.1) is 11.3 Å². The Bertz CT molecular complexity index is 793. The van der Waals surface area contributed by atoms with Crippen molar-refractivity contribution in [3.63, 3.8) is 0 Å². The van der Waals surface area contributed by atoms with Gasteiger partial charge in [0.15, 0.2) is 0 Å². The molecule has 1 N–H and O–H groups in total. The number of carboxylic acid groups (broad SMARTS) is 1. The lowest BCUT2D eigenvalue weighted by Crippen LogP contribution is -2.46. The standard InChI is InChI=1S/C14H15N3O4S/c1-8(14(20)21)17(9-2-3-9)11(18)6-16-7-15-12-10(13(16)19)4-5-22-12/h4-5,7-9H,2-3,6H2,1H3,(H,20,21). The van der Waals surface area contributed by atoms with Gasteiger partial charge in [0.05, 0.1) is 11.7 Å². The zero-order valence-electron chi connectivity index (χ0n) is 11.9. The van der Waals surface area contributed by atoms with E-state index in [9.17, 15) is 14.4 Å². The molecule has 2 heterocycles. The topological polar surface area (TPSA) is 92.5 Å². The molecule has 116 valence electrons. The van der Waals surface area contributed by atoms with E-state index < -0.39 is 12.0 Å². The maximum Gasteiger partial charge on any atom is 0.326 e. The zero-order chi connectivity index (χ0) is 15.9. The number of aromatic nitrogens is 2. The van der Waals surface area contributed by atoms with Crippen molar-refractivity contribution < 1.29 is 14.7 Å². The monoisotopic (exact) mass is 321 g/mol. The fourth-order valence-corrected chi connectivity index (χ4v) is 3.16. The fourth-order valence-electron chi connectivity index (χ4n) is 2.44. The first-order valence-electron chi connectivity index (χ1n) is 6.95. The Kier molecular flexibility index (Phi) is 3.69. The van der Waals surface area contributed by atoms with Crippen LogP contribution in [0.1, 0.15) is 19.8 Å². The number of carbonyl (C=O) groups excluding carboxylic acids is 1. The van der Waals surface area contributed by atoms with Crippen molar-refractivity contribution in [2.75, 3.05) is 0 Å². The summed E-state index contributed by atoms with van der Waals surface area (Å²) in [7, 11) is 0. The van der Waals surface area contributed by atoms with E-state index in [4.69, 9.17) is 5.11 Å². The molecule has 1 amide bonds. The summed E-state index contributed by atoms with van der Waals surface area (Å²) < 4.78 is 1.24. The van der Waals surface area contributed by atoms with Gasteiger partial charge in [-0.05, 0) is 31.2 Å². The molecule has 2 aromatic heterocycles. The van der Waals surface area contributed by atoms with Crippen molar-refractivity contribution in [1.29, 1.82) is 0 Å². The fraction of sp³-hybridized carbons (Fsp3) is 0.429. The highest BCUT2D eigenvalue weighted by Gasteiger charge is 2.38. The van der Waals surface area contributed by atoms with Gasteiger partial charge in [0.2, 0.25) is 5.91 Å². The van der Waals surface area contributed by atoms with E-state index in [0.29, 0.717) is 10.2 Å². The highest BCUT2D eigenvalue weighted by atomic mass is 32.1. The lowest BCUT2D eigenvalue weighted by molar-refractivity contribution is -0.150. The zero-order valence-corrected chi connectivity index (χ0v) is 12.7. The van der Waals surface area contributed by atoms with E-state index in [0.717, 1.165) is 12.8 Å². The van der Waals surface area contributed by atoms with Gasteiger partial charge >= 0.3 is 5.97 Å². The summed E-state index contributed by atoms with van der Waals surface area (Å²) in [6.45, 7) is 1.30. The van der Waals surface area contributed by atoms with Gasteiger partial charge in [-0.3, -0.25) is 14.2 Å². The summed E-state index contributed by atoms with van der Waals surface area (Å²) in [4.78, 5) is 42.0. The normalized spacial score (nSPS) is 15.7. The molecule has 0 saturated heterocycles. The Balaban J connectivity index is 1.86. The van der Waals surface area contributed by atoms with Crippen LogP contribution in [0.4, 0.5) is 0 Å². The van der Waals surface area contributed by atoms with Crippen LogP contribution in [0.25, 0.3) is 10.2 Å². The SMILES string of the molecule is CC(C(=O)O)N(C(=O)Cn1cnc2sccc2c1=O)C1CC1. The molecule has 0 bridgehead atoms. The van der Waals surface area contributed by atoms with Crippen LogP contribution in [0.3, 0.4) is 0 Å². The maximum atomic E-state index is 12.4. The smallest absolute Gasteiger partial charge is 0.326 e. The van der Waals surface area contributed by atoms with Crippen LogP contribution >= 0.6 is 11.3 Å². The third kappa shape index (κ3) is 2.61. The largest absolute Gasteiger partial charge is 0.480 e. The second-order valence-corrected chi connectivity index (χ2v) is 6.26. The molecule has 1 aliphatic rings. The first-order valence-corrected chi connectivity index (χ1v) is 7.83. The van der Waals surface area contributed by atoms with Crippen LogP contribution < -0.4 is 5.56 Å². The lowest BCUT2D eigenvalue weighted by Gasteiger charge is -2.26. The average Bonchev–Trinajstić information content (AvgIpc) is 3.17. The number of amides is 1. The number of carbonyl (C=O) groups is 2. The molecule has 0 spiro atoms. The quantitative estimate of drug-likeness (QED) is 0.884. The molecule has 8 heteroatoms. The number of carboxylic acids is 1. The van der Waals surface area contributed by atoms with Crippen LogP contribution in [0.5, 0.6) is 0 Å². The molecule has 1 fully saturated rings. The molecule has 0 aliphatic heterocycles. The number of thiophene rings is 1. The van der Waals surface area contributed by atoms with Crippen molar-refractivity contribution in [2.24, 2.45) is 0 Å². The molecule has 1 unspecified atom stereocenters. The van der Waals surface area contributed by atoms with Crippen LogP contribution in [0, 0.1) is 0 Å². The lowest BCUT2D eigenvalue weighted by atomic mass is 10.2. The van der Waals surface area contributed by atoms with E-state index in [2.05, 4.69) is 4.98 Å².